The number of hydrogen-bond acceptors (Lipinski definition) is 4. The number of ether oxygens (including phenoxy) is 1. The molecule has 1 aromatic rings. The Morgan fingerprint density at radius 3 is 2.52 bits per heavy atom. The summed E-state index contributed by atoms with van der Waals surface area (Å²) in [5.41, 5.74) is 6.04. The Bertz CT molecular complexity index is 485. The molecule has 0 radical (unpaired) electrons. The van der Waals surface area contributed by atoms with E-state index in [0.717, 1.165) is 6.42 Å². The number of carbonyl (C=O) groups excluding carboxylic acids is 1. The quantitative estimate of drug-likeness (QED) is 0.308. The summed E-state index contributed by atoms with van der Waals surface area (Å²) < 4.78 is 5.40. The first kappa shape index (κ1) is 16.8. The van der Waals surface area contributed by atoms with Crippen molar-refractivity contribution in [3.05, 3.63) is 29.8 Å². The van der Waals surface area contributed by atoms with Gasteiger partial charge in [-0.25, -0.2) is 0 Å². The van der Waals surface area contributed by atoms with E-state index in [0.29, 0.717) is 17.2 Å². The van der Waals surface area contributed by atoms with E-state index in [1.54, 1.807) is 24.3 Å². The average molecular weight is 293 g/mol. The molecule has 1 rings (SSSR count). The van der Waals surface area contributed by atoms with Gasteiger partial charge < -0.3 is 21.0 Å². The Hall–Kier alpha value is -2.24. The molecule has 0 aliphatic carbocycles. The molecule has 0 heterocycles. The number of nitrogens with two attached hydrogens (primary N) is 1. The number of oxime groups is 1. The minimum absolute atomic E-state index is 0.0293. The van der Waals surface area contributed by atoms with Gasteiger partial charge in [0.2, 0.25) is 0 Å². The van der Waals surface area contributed by atoms with Gasteiger partial charge >= 0.3 is 0 Å². The number of amidine groups is 1. The summed E-state index contributed by atoms with van der Waals surface area (Å²) in [6.45, 7) is 6.13. The van der Waals surface area contributed by atoms with Crippen LogP contribution in [0.1, 0.15) is 32.8 Å². The predicted molar refractivity (Wildman–Crippen MR) is 81.5 cm³/mol. The highest BCUT2D eigenvalue weighted by molar-refractivity contribution is 5.97. The Kier molecular flexibility index (Phi) is 6.52. The minimum atomic E-state index is -0.150. The molecule has 1 amide bonds. The van der Waals surface area contributed by atoms with Gasteiger partial charge in [0.05, 0.1) is 0 Å². The lowest BCUT2D eigenvalue weighted by Gasteiger charge is -2.19. The molecule has 0 bridgehead atoms. The summed E-state index contributed by atoms with van der Waals surface area (Å²) in [5, 5.41) is 14.4. The first-order valence-electron chi connectivity index (χ1n) is 6.98. The standard InChI is InChI=1S/C15H23N3O3/c1-4-10(2)11(3)17-14(19)9-21-13-7-5-12(6-8-13)15(16)18-20/h5-8,10-11,20H,4,9H2,1-3H3,(H2,16,18)(H,17,19). The van der Waals surface area contributed by atoms with Crippen LogP contribution >= 0.6 is 0 Å². The summed E-state index contributed by atoms with van der Waals surface area (Å²) >= 11 is 0. The van der Waals surface area contributed by atoms with Crippen LogP contribution in [0.4, 0.5) is 0 Å². The maximum absolute atomic E-state index is 11.8. The SMILES string of the molecule is CCC(C)C(C)NC(=O)COc1ccc(C(N)=NO)cc1. The fraction of sp³-hybridized carbons (Fsp3) is 0.467. The van der Waals surface area contributed by atoms with Crippen molar-refractivity contribution in [3.8, 4) is 5.75 Å². The third-order valence-electron chi connectivity index (χ3n) is 3.51. The van der Waals surface area contributed by atoms with Crippen molar-refractivity contribution in [2.75, 3.05) is 6.61 Å². The molecule has 1 aromatic carbocycles. The fourth-order valence-electron chi connectivity index (χ4n) is 1.72. The molecule has 0 aromatic heterocycles. The second-order valence-corrected chi connectivity index (χ2v) is 5.04. The van der Waals surface area contributed by atoms with Crippen molar-refractivity contribution in [1.82, 2.24) is 5.32 Å². The Morgan fingerprint density at radius 1 is 1.38 bits per heavy atom. The summed E-state index contributed by atoms with van der Waals surface area (Å²) in [6.07, 6.45) is 1.01. The predicted octanol–water partition coefficient (Wildman–Crippen LogP) is 1.71. The van der Waals surface area contributed by atoms with Gasteiger partial charge in [0.25, 0.3) is 5.91 Å². The molecule has 21 heavy (non-hydrogen) atoms. The van der Waals surface area contributed by atoms with E-state index in [1.165, 1.54) is 0 Å². The molecule has 4 N–H and O–H groups in total. The third kappa shape index (κ3) is 5.33. The average Bonchev–Trinajstić information content (AvgIpc) is 2.51. The van der Waals surface area contributed by atoms with E-state index in [9.17, 15) is 4.79 Å². The molecular weight excluding hydrogens is 270 g/mol. The van der Waals surface area contributed by atoms with Crippen LogP contribution in [-0.4, -0.2) is 29.6 Å². The smallest absolute Gasteiger partial charge is 0.258 e. The normalized spacial score (nSPS) is 14.3. The van der Waals surface area contributed by atoms with Crippen molar-refractivity contribution >= 4 is 11.7 Å². The molecule has 0 aliphatic rings. The summed E-state index contributed by atoms with van der Waals surface area (Å²) in [5.74, 6) is 0.856. The zero-order valence-corrected chi connectivity index (χ0v) is 12.7. The molecule has 2 unspecified atom stereocenters. The van der Waals surface area contributed by atoms with Gasteiger partial charge in [-0.2, -0.15) is 0 Å². The van der Waals surface area contributed by atoms with Crippen LogP contribution in [0.5, 0.6) is 5.75 Å². The van der Waals surface area contributed by atoms with Crippen LogP contribution in [0.3, 0.4) is 0 Å². The third-order valence-corrected chi connectivity index (χ3v) is 3.51. The summed E-state index contributed by atoms with van der Waals surface area (Å²) in [4.78, 5) is 11.8. The van der Waals surface area contributed by atoms with Gasteiger partial charge in [-0.05, 0) is 37.1 Å². The highest BCUT2D eigenvalue weighted by atomic mass is 16.5. The minimum Gasteiger partial charge on any atom is -0.484 e. The van der Waals surface area contributed by atoms with Crippen LogP contribution in [0.25, 0.3) is 0 Å². The highest BCUT2D eigenvalue weighted by Gasteiger charge is 2.13. The summed E-state index contributed by atoms with van der Waals surface area (Å²) in [6, 6.07) is 6.76. The Balaban J connectivity index is 2.46. The van der Waals surface area contributed by atoms with Gasteiger partial charge in [-0.3, -0.25) is 4.79 Å². The van der Waals surface area contributed by atoms with E-state index in [-0.39, 0.29) is 24.4 Å². The molecule has 6 nitrogen and oxygen atoms in total. The zero-order valence-electron chi connectivity index (χ0n) is 12.7. The van der Waals surface area contributed by atoms with Crippen molar-refractivity contribution in [2.45, 2.75) is 33.2 Å². The highest BCUT2D eigenvalue weighted by Crippen LogP contribution is 2.12. The lowest BCUT2D eigenvalue weighted by molar-refractivity contribution is -0.124. The van der Waals surface area contributed by atoms with Gasteiger partial charge in [-0.15, -0.1) is 0 Å². The monoisotopic (exact) mass is 293 g/mol. The molecule has 0 fully saturated rings. The van der Waals surface area contributed by atoms with E-state index in [1.807, 2.05) is 6.92 Å². The first-order chi connectivity index (χ1) is 9.97. The molecule has 2 atom stereocenters. The zero-order chi connectivity index (χ0) is 15.8. The summed E-state index contributed by atoms with van der Waals surface area (Å²) in [7, 11) is 0. The van der Waals surface area contributed by atoms with Crippen molar-refractivity contribution in [3.63, 3.8) is 0 Å². The van der Waals surface area contributed by atoms with E-state index < -0.39 is 0 Å². The van der Waals surface area contributed by atoms with Crippen molar-refractivity contribution < 1.29 is 14.7 Å². The van der Waals surface area contributed by atoms with Gasteiger partial charge in [-0.1, -0.05) is 25.4 Å². The van der Waals surface area contributed by atoms with Gasteiger partial charge in [0.1, 0.15) is 5.75 Å². The number of hydrogen-bond donors (Lipinski definition) is 3. The Labute approximate surface area is 125 Å². The lowest BCUT2D eigenvalue weighted by atomic mass is 10.0. The maximum Gasteiger partial charge on any atom is 0.258 e. The first-order valence-corrected chi connectivity index (χ1v) is 6.98. The van der Waals surface area contributed by atoms with E-state index >= 15 is 0 Å². The van der Waals surface area contributed by atoms with Crippen LogP contribution in [-0.2, 0) is 4.79 Å². The number of carbonyl (C=O) groups is 1. The molecule has 0 aliphatic heterocycles. The topological polar surface area (TPSA) is 96.9 Å². The number of amides is 1. The van der Waals surface area contributed by atoms with E-state index in [4.69, 9.17) is 15.7 Å². The van der Waals surface area contributed by atoms with Crippen LogP contribution in [0.2, 0.25) is 0 Å². The molecule has 6 heteroatoms. The molecule has 116 valence electrons. The largest absolute Gasteiger partial charge is 0.484 e. The molecular formula is C15H23N3O3. The van der Waals surface area contributed by atoms with E-state index in [2.05, 4.69) is 24.3 Å². The second-order valence-electron chi connectivity index (χ2n) is 5.04. The molecule has 0 saturated carbocycles. The Morgan fingerprint density at radius 2 is 2.00 bits per heavy atom. The molecule has 0 spiro atoms. The second kappa shape index (κ2) is 8.14. The van der Waals surface area contributed by atoms with Crippen LogP contribution in [0.15, 0.2) is 29.4 Å². The van der Waals surface area contributed by atoms with Crippen molar-refractivity contribution in [2.24, 2.45) is 16.8 Å². The van der Waals surface area contributed by atoms with Crippen LogP contribution < -0.4 is 15.8 Å². The number of nitrogens with zero attached hydrogens (tertiary/aromatic N) is 1. The van der Waals surface area contributed by atoms with Gasteiger partial charge in [0, 0.05) is 11.6 Å². The van der Waals surface area contributed by atoms with Crippen LogP contribution in [0, 0.1) is 5.92 Å². The van der Waals surface area contributed by atoms with Crippen molar-refractivity contribution in [1.29, 1.82) is 0 Å². The fourth-order valence-corrected chi connectivity index (χ4v) is 1.72. The maximum atomic E-state index is 11.8. The lowest BCUT2D eigenvalue weighted by Crippen LogP contribution is -2.39. The number of rotatable bonds is 7. The van der Waals surface area contributed by atoms with Gasteiger partial charge in [0.15, 0.2) is 12.4 Å². The molecule has 0 saturated heterocycles. The number of benzene rings is 1. The number of nitrogens with one attached hydrogen (secondary N) is 1.